The minimum Gasteiger partial charge on any atom is -0.375 e. The van der Waals surface area contributed by atoms with Crippen LogP contribution in [0.1, 0.15) is 51.4 Å². The number of hydrogen-bond donors (Lipinski definition) is 1. The molecule has 18 heavy (non-hydrogen) atoms. The SMILES string of the molecule is CN(C1CCNC1)C1CCOC2(CCCCC2)C1. The van der Waals surface area contributed by atoms with E-state index < -0.39 is 0 Å². The van der Waals surface area contributed by atoms with E-state index >= 15 is 0 Å². The number of nitrogens with zero attached hydrogens (tertiary/aromatic N) is 1. The van der Waals surface area contributed by atoms with Crippen molar-refractivity contribution in [1.82, 2.24) is 10.2 Å². The van der Waals surface area contributed by atoms with Crippen LogP contribution < -0.4 is 5.32 Å². The average molecular weight is 252 g/mol. The maximum atomic E-state index is 6.21. The molecule has 0 amide bonds. The smallest absolute Gasteiger partial charge is 0.0697 e. The van der Waals surface area contributed by atoms with Crippen molar-refractivity contribution in [3.05, 3.63) is 0 Å². The number of nitrogens with one attached hydrogen (secondary N) is 1. The Hall–Kier alpha value is -0.120. The minimum absolute atomic E-state index is 0.251. The summed E-state index contributed by atoms with van der Waals surface area (Å²) in [4.78, 5) is 2.65. The Morgan fingerprint density at radius 2 is 1.94 bits per heavy atom. The van der Waals surface area contributed by atoms with E-state index in [2.05, 4.69) is 17.3 Å². The summed E-state index contributed by atoms with van der Waals surface area (Å²) >= 11 is 0. The molecule has 2 heterocycles. The molecule has 2 atom stereocenters. The van der Waals surface area contributed by atoms with E-state index in [1.165, 1.54) is 64.5 Å². The normalized spacial score (nSPS) is 36.3. The van der Waals surface area contributed by atoms with Gasteiger partial charge < -0.3 is 10.1 Å². The van der Waals surface area contributed by atoms with Gasteiger partial charge in [0.2, 0.25) is 0 Å². The van der Waals surface area contributed by atoms with Gasteiger partial charge in [0.05, 0.1) is 5.60 Å². The van der Waals surface area contributed by atoms with Gasteiger partial charge in [0, 0.05) is 25.2 Å². The second kappa shape index (κ2) is 5.48. The van der Waals surface area contributed by atoms with E-state index in [4.69, 9.17) is 4.74 Å². The Bertz CT molecular complexity index is 264. The molecule has 1 aliphatic carbocycles. The molecule has 3 rings (SSSR count). The van der Waals surface area contributed by atoms with E-state index in [1.807, 2.05) is 0 Å². The molecule has 3 heteroatoms. The standard InChI is InChI=1S/C15H28N2O/c1-17(14-5-9-16-12-14)13-6-10-18-15(11-13)7-3-2-4-8-15/h13-14,16H,2-12H2,1H3. The van der Waals surface area contributed by atoms with Crippen molar-refractivity contribution in [2.45, 2.75) is 69.1 Å². The van der Waals surface area contributed by atoms with Gasteiger partial charge >= 0.3 is 0 Å². The van der Waals surface area contributed by atoms with Crippen LogP contribution in [0, 0.1) is 0 Å². The highest BCUT2D eigenvalue weighted by atomic mass is 16.5. The van der Waals surface area contributed by atoms with Crippen molar-refractivity contribution in [3.63, 3.8) is 0 Å². The summed E-state index contributed by atoms with van der Waals surface area (Å²) < 4.78 is 6.21. The molecule has 3 fully saturated rings. The lowest BCUT2D eigenvalue weighted by Crippen LogP contribution is -2.51. The highest BCUT2D eigenvalue weighted by molar-refractivity contribution is 4.94. The van der Waals surface area contributed by atoms with Gasteiger partial charge in [-0.1, -0.05) is 19.3 Å². The lowest BCUT2D eigenvalue weighted by atomic mass is 9.78. The lowest BCUT2D eigenvalue weighted by molar-refractivity contribution is -0.124. The highest BCUT2D eigenvalue weighted by Gasteiger charge is 2.40. The van der Waals surface area contributed by atoms with Gasteiger partial charge in [-0.25, -0.2) is 0 Å². The molecule has 104 valence electrons. The molecule has 0 aromatic carbocycles. The third kappa shape index (κ3) is 2.59. The van der Waals surface area contributed by atoms with Gasteiger partial charge in [-0.3, -0.25) is 4.90 Å². The zero-order valence-electron chi connectivity index (χ0n) is 11.8. The van der Waals surface area contributed by atoms with E-state index in [9.17, 15) is 0 Å². The summed E-state index contributed by atoms with van der Waals surface area (Å²) in [6.07, 6.45) is 10.6. The Morgan fingerprint density at radius 3 is 2.67 bits per heavy atom. The van der Waals surface area contributed by atoms with Crippen molar-refractivity contribution >= 4 is 0 Å². The fourth-order valence-electron chi connectivity index (χ4n) is 4.18. The van der Waals surface area contributed by atoms with Crippen LogP contribution in [0.25, 0.3) is 0 Å². The van der Waals surface area contributed by atoms with Gasteiger partial charge in [-0.2, -0.15) is 0 Å². The first kappa shape index (κ1) is 12.9. The molecule has 3 aliphatic rings. The van der Waals surface area contributed by atoms with Crippen molar-refractivity contribution in [1.29, 1.82) is 0 Å². The van der Waals surface area contributed by atoms with Crippen LogP contribution in [0.4, 0.5) is 0 Å². The van der Waals surface area contributed by atoms with Gasteiger partial charge in [-0.05, 0) is 45.7 Å². The molecule has 0 aromatic rings. The van der Waals surface area contributed by atoms with Gasteiger partial charge in [0.15, 0.2) is 0 Å². The summed E-state index contributed by atoms with van der Waals surface area (Å²) in [5.74, 6) is 0. The maximum absolute atomic E-state index is 6.21. The number of likely N-dealkylation sites (N-methyl/N-ethyl adjacent to an activating group) is 1. The quantitative estimate of drug-likeness (QED) is 0.815. The van der Waals surface area contributed by atoms with Crippen molar-refractivity contribution in [2.24, 2.45) is 0 Å². The molecule has 1 N–H and O–H groups in total. The van der Waals surface area contributed by atoms with Crippen LogP contribution in [0.5, 0.6) is 0 Å². The van der Waals surface area contributed by atoms with Gasteiger partial charge in [-0.15, -0.1) is 0 Å². The third-order valence-corrected chi connectivity index (χ3v) is 5.42. The summed E-state index contributed by atoms with van der Waals surface area (Å²) in [5.41, 5.74) is 0.251. The van der Waals surface area contributed by atoms with Crippen LogP contribution in [-0.4, -0.2) is 49.3 Å². The molecule has 2 unspecified atom stereocenters. The number of hydrogen-bond acceptors (Lipinski definition) is 3. The molecule has 2 aliphatic heterocycles. The molecule has 2 saturated heterocycles. The van der Waals surface area contributed by atoms with Crippen LogP contribution in [0.2, 0.25) is 0 Å². The topological polar surface area (TPSA) is 24.5 Å². The minimum atomic E-state index is 0.251. The summed E-state index contributed by atoms with van der Waals surface area (Å²) in [6, 6.07) is 1.51. The van der Waals surface area contributed by atoms with Crippen LogP contribution in [0.15, 0.2) is 0 Å². The largest absolute Gasteiger partial charge is 0.375 e. The summed E-state index contributed by atoms with van der Waals surface area (Å²) in [7, 11) is 2.34. The molecule has 1 spiro atoms. The fraction of sp³-hybridized carbons (Fsp3) is 1.00. The average Bonchev–Trinajstić information content (AvgIpc) is 2.93. The van der Waals surface area contributed by atoms with Crippen molar-refractivity contribution < 1.29 is 4.74 Å². The fourth-order valence-corrected chi connectivity index (χ4v) is 4.18. The Labute approximate surface area is 111 Å². The Kier molecular flexibility index (Phi) is 3.92. The Balaban J connectivity index is 1.62. The predicted octanol–water partition coefficient (Wildman–Crippen LogP) is 2.16. The highest BCUT2D eigenvalue weighted by Crippen LogP contribution is 2.40. The second-order valence-electron chi connectivity index (χ2n) is 6.55. The second-order valence-corrected chi connectivity index (χ2v) is 6.55. The van der Waals surface area contributed by atoms with Crippen LogP contribution in [-0.2, 0) is 4.74 Å². The Morgan fingerprint density at radius 1 is 1.11 bits per heavy atom. The lowest BCUT2D eigenvalue weighted by Gasteiger charge is -2.47. The molecular weight excluding hydrogens is 224 g/mol. The maximum Gasteiger partial charge on any atom is 0.0697 e. The number of ether oxygens (including phenoxy) is 1. The zero-order valence-corrected chi connectivity index (χ0v) is 11.8. The van der Waals surface area contributed by atoms with E-state index in [1.54, 1.807) is 0 Å². The first-order valence-corrected chi connectivity index (χ1v) is 7.86. The molecule has 0 bridgehead atoms. The van der Waals surface area contributed by atoms with Gasteiger partial charge in [0.1, 0.15) is 0 Å². The van der Waals surface area contributed by atoms with Crippen LogP contribution in [0.3, 0.4) is 0 Å². The number of rotatable bonds is 2. The molecule has 1 saturated carbocycles. The monoisotopic (exact) mass is 252 g/mol. The van der Waals surface area contributed by atoms with Crippen molar-refractivity contribution in [2.75, 3.05) is 26.7 Å². The van der Waals surface area contributed by atoms with E-state index in [0.29, 0.717) is 0 Å². The first-order valence-electron chi connectivity index (χ1n) is 7.86. The van der Waals surface area contributed by atoms with E-state index in [0.717, 1.165) is 18.7 Å². The zero-order chi connectivity index (χ0) is 12.4. The first-order chi connectivity index (χ1) is 8.79. The molecular formula is C15H28N2O. The van der Waals surface area contributed by atoms with E-state index in [-0.39, 0.29) is 5.60 Å². The van der Waals surface area contributed by atoms with Crippen molar-refractivity contribution in [3.8, 4) is 0 Å². The van der Waals surface area contributed by atoms with Crippen LogP contribution >= 0.6 is 0 Å². The third-order valence-electron chi connectivity index (χ3n) is 5.42. The summed E-state index contributed by atoms with van der Waals surface area (Å²) in [6.45, 7) is 3.36. The predicted molar refractivity (Wildman–Crippen MR) is 73.8 cm³/mol. The molecule has 0 aromatic heterocycles. The van der Waals surface area contributed by atoms with Gasteiger partial charge in [0.25, 0.3) is 0 Å². The molecule has 3 nitrogen and oxygen atoms in total. The molecule has 0 radical (unpaired) electrons. The summed E-state index contributed by atoms with van der Waals surface area (Å²) in [5, 5.41) is 3.49.